The van der Waals surface area contributed by atoms with Crippen LogP contribution in [0.2, 0.25) is 0 Å². The molecule has 0 aliphatic heterocycles. The molecule has 1 heterocycles. The second kappa shape index (κ2) is 6.36. The van der Waals surface area contributed by atoms with Crippen LogP contribution in [0.25, 0.3) is 0 Å². The van der Waals surface area contributed by atoms with Crippen LogP contribution >= 0.6 is 11.3 Å². The van der Waals surface area contributed by atoms with Crippen molar-refractivity contribution < 1.29 is 13.2 Å². The maximum absolute atomic E-state index is 12.3. The monoisotopic (exact) mass is 312 g/mol. The Morgan fingerprint density at radius 2 is 2.00 bits per heavy atom. The van der Waals surface area contributed by atoms with Crippen LogP contribution in [0.15, 0.2) is 40.6 Å². The largest absolute Gasteiger partial charge is 0.380 e. The number of hydrogen-bond acceptors (Lipinski definition) is 5. The normalized spacial score (nSPS) is 11.5. The van der Waals surface area contributed by atoms with Gasteiger partial charge in [0.1, 0.15) is 4.21 Å². The van der Waals surface area contributed by atoms with E-state index in [9.17, 15) is 8.42 Å². The summed E-state index contributed by atoms with van der Waals surface area (Å²) in [6.07, 6.45) is 0. The van der Waals surface area contributed by atoms with Crippen molar-refractivity contribution in [2.75, 3.05) is 11.8 Å². The number of hydrogen-bond donors (Lipinski definition) is 2. The summed E-state index contributed by atoms with van der Waals surface area (Å²) in [5, 5.41) is 0. The predicted octanol–water partition coefficient (Wildman–Crippen LogP) is 2.15. The van der Waals surface area contributed by atoms with Crippen LogP contribution in [0.1, 0.15) is 10.4 Å². The van der Waals surface area contributed by atoms with Gasteiger partial charge >= 0.3 is 0 Å². The SMILES string of the molecule is COCc1ccccc1NS(=O)(=O)c1ccc(CN)s1. The fourth-order valence-electron chi connectivity index (χ4n) is 1.71. The Kier molecular flexibility index (Phi) is 4.77. The Labute approximate surface area is 122 Å². The smallest absolute Gasteiger partial charge is 0.271 e. The molecule has 0 fully saturated rings. The number of ether oxygens (including phenoxy) is 1. The molecule has 0 saturated heterocycles. The van der Waals surface area contributed by atoms with Gasteiger partial charge < -0.3 is 10.5 Å². The van der Waals surface area contributed by atoms with Gasteiger partial charge in [-0.2, -0.15) is 0 Å². The molecule has 0 saturated carbocycles. The predicted molar refractivity (Wildman–Crippen MR) is 80.2 cm³/mol. The minimum absolute atomic E-state index is 0.255. The van der Waals surface area contributed by atoms with Crippen molar-refractivity contribution in [1.29, 1.82) is 0 Å². The van der Waals surface area contributed by atoms with Crippen LogP contribution in [0.4, 0.5) is 5.69 Å². The molecule has 2 aromatic rings. The number of para-hydroxylation sites is 1. The summed E-state index contributed by atoms with van der Waals surface area (Å²) >= 11 is 1.17. The molecule has 1 aromatic heterocycles. The molecule has 0 amide bonds. The molecule has 0 unspecified atom stereocenters. The average molecular weight is 312 g/mol. The summed E-state index contributed by atoms with van der Waals surface area (Å²) in [6, 6.07) is 10.4. The number of sulfonamides is 1. The van der Waals surface area contributed by atoms with Gasteiger partial charge in [-0.25, -0.2) is 8.42 Å². The van der Waals surface area contributed by atoms with Crippen LogP contribution in [-0.2, 0) is 27.9 Å². The summed E-state index contributed by atoms with van der Waals surface area (Å²) in [6.45, 7) is 0.678. The number of nitrogens with two attached hydrogens (primary N) is 1. The first kappa shape index (κ1) is 15.0. The number of methoxy groups -OCH3 is 1. The lowest BCUT2D eigenvalue weighted by molar-refractivity contribution is 0.185. The highest BCUT2D eigenvalue weighted by Gasteiger charge is 2.18. The van der Waals surface area contributed by atoms with E-state index < -0.39 is 10.0 Å². The average Bonchev–Trinajstić information content (AvgIpc) is 2.91. The first-order chi connectivity index (χ1) is 9.56. The molecule has 1 aromatic carbocycles. The van der Waals surface area contributed by atoms with E-state index in [-0.39, 0.29) is 4.21 Å². The molecule has 0 atom stereocenters. The summed E-state index contributed by atoms with van der Waals surface area (Å²) in [7, 11) is -2.02. The lowest BCUT2D eigenvalue weighted by Gasteiger charge is -2.11. The molecule has 0 spiro atoms. The lowest BCUT2D eigenvalue weighted by Crippen LogP contribution is -2.13. The maximum atomic E-state index is 12.3. The molecule has 7 heteroatoms. The van der Waals surface area contributed by atoms with Gasteiger partial charge in [-0.3, -0.25) is 4.72 Å². The third kappa shape index (κ3) is 3.37. The number of nitrogens with one attached hydrogen (secondary N) is 1. The van der Waals surface area contributed by atoms with E-state index in [1.807, 2.05) is 12.1 Å². The first-order valence-electron chi connectivity index (χ1n) is 5.95. The molecular weight excluding hydrogens is 296 g/mol. The Morgan fingerprint density at radius 3 is 2.65 bits per heavy atom. The van der Waals surface area contributed by atoms with Crippen LogP contribution in [-0.4, -0.2) is 15.5 Å². The molecule has 2 rings (SSSR count). The summed E-state index contributed by atoms with van der Waals surface area (Å²) in [5.74, 6) is 0. The summed E-state index contributed by atoms with van der Waals surface area (Å²) < 4.78 is 32.5. The van der Waals surface area contributed by atoms with Crippen LogP contribution < -0.4 is 10.5 Å². The fraction of sp³-hybridized carbons (Fsp3) is 0.231. The number of rotatable bonds is 6. The second-order valence-electron chi connectivity index (χ2n) is 4.12. The summed E-state index contributed by atoms with van der Waals surface area (Å²) in [5.41, 5.74) is 6.81. The van der Waals surface area contributed by atoms with E-state index in [0.29, 0.717) is 18.8 Å². The third-order valence-corrected chi connectivity index (χ3v) is 5.63. The van der Waals surface area contributed by atoms with Crippen molar-refractivity contribution in [2.45, 2.75) is 17.4 Å². The highest BCUT2D eigenvalue weighted by Crippen LogP contribution is 2.25. The van der Waals surface area contributed by atoms with Gasteiger partial charge in [-0.1, -0.05) is 18.2 Å². The van der Waals surface area contributed by atoms with Crippen molar-refractivity contribution in [2.24, 2.45) is 5.73 Å². The lowest BCUT2D eigenvalue weighted by atomic mass is 10.2. The van der Waals surface area contributed by atoms with Gasteiger partial charge in [0, 0.05) is 24.1 Å². The van der Waals surface area contributed by atoms with E-state index in [4.69, 9.17) is 10.5 Å². The Balaban J connectivity index is 2.28. The van der Waals surface area contributed by atoms with Crippen molar-refractivity contribution in [3.63, 3.8) is 0 Å². The zero-order valence-corrected chi connectivity index (χ0v) is 12.6. The highest BCUT2D eigenvalue weighted by atomic mass is 32.2. The van der Waals surface area contributed by atoms with E-state index >= 15 is 0 Å². The Morgan fingerprint density at radius 1 is 1.25 bits per heavy atom. The fourth-order valence-corrected chi connectivity index (χ4v) is 4.04. The third-order valence-electron chi connectivity index (χ3n) is 2.66. The van der Waals surface area contributed by atoms with Crippen molar-refractivity contribution >= 4 is 27.0 Å². The molecular formula is C13H16N2O3S2. The minimum Gasteiger partial charge on any atom is -0.380 e. The van der Waals surface area contributed by atoms with Crippen LogP contribution in [0, 0.1) is 0 Å². The summed E-state index contributed by atoms with van der Waals surface area (Å²) in [4.78, 5) is 0.829. The molecule has 0 aliphatic carbocycles. The van der Waals surface area contributed by atoms with Crippen molar-refractivity contribution in [3.05, 3.63) is 46.8 Å². The molecule has 0 radical (unpaired) electrons. The van der Waals surface area contributed by atoms with Gasteiger partial charge in [0.25, 0.3) is 10.0 Å². The quantitative estimate of drug-likeness (QED) is 0.856. The van der Waals surface area contributed by atoms with Gasteiger partial charge in [-0.15, -0.1) is 11.3 Å². The van der Waals surface area contributed by atoms with Gasteiger partial charge in [0.05, 0.1) is 12.3 Å². The molecule has 5 nitrogen and oxygen atoms in total. The van der Waals surface area contributed by atoms with Crippen molar-refractivity contribution in [3.8, 4) is 0 Å². The maximum Gasteiger partial charge on any atom is 0.271 e. The van der Waals surface area contributed by atoms with E-state index in [0.717, 1.165) is 10.4 Å². The number of benzene rings is 1. The van der Waals surface area contributed by atoms with Gasteiger partial charge in [-0.05, 0) is 18.2 Å². The zero-order valence-electron chi connectivity index (χ0n) is 11.0. The Bertz CT molecular complexity index is 680. The highest BCUT2D eigenvalue weighted by molar-refractivity contribution is 7.94. The zero-order chi connectivity index (χ0) is 14.6. The molecule has 108 valence electrons. The van der Waals surface area contributed by atoms with E-state index in [1.165, 1.54) is 11.3 Å². The standard InChI is InChI=1S/C13H16N2O3S2/c1-18-9-10-4-2-3-5-12(10)15-20(16,17)13-7-6-11(8-14)19-13/h2-7,15H,8-9,14H2,1H3. The number of thiophene rings is 1. The van der Waals surface area contributed by atoms with Crippen LogP contribution in [0.3, 0.4) is 0 Å². The second-order valence-corrected chi connectivity index (χ2v) is 7.20. The van der Waals surface area contributed by atoms with Gasteiger partial charge in [0.2, 0.25) is 0 Å². The Hall–Kier alpha value is -1.41. The van der Waals surface area contributed by atoms with Crippen molar-refractivity contribution in [1.82, 2.24) is 0 Å². The molecule has 3 N–H and O–H groups in total. The molecule has 0 bridgehead atoms. The molecule has 0 aliphatic rings. The van der Waals surface area contributed by atoms with E-state index in [2.05, 4.69) is 4.72 Å². The topological polar surface area (TPSA) is 81.4 Å². The molecule has 20 heavy (non-hydrogen) atoms. The van der Waals surface area contributed by atoms with Crippen LogP contribution in [0.5, 0.6) is 0 Å². The minimum atomic E-state index is -3.59. The number of anilines is 1. The van der Waals surface area contributed by atoms with Gasteiger partial charge in [0.15, 0.2) is 0 Å². The first-order valence-corrected chi connectivity index (χ1v) is 8.25. The van der Waals surface area contributed by atoms with E-state index in [1.54, 1.807) is 31.4 Å².